The average Bonchev–Trinajstić information content (AvgIpc) is 2.60. The molecule has 0 radical (unpaired) electrons. The number of hydrogen-bond acceptors (Lipinski definition) is 11. The summed E-state index contributed by atoms with van der Waals surface area (Å²) in [4.78, 5) is 0. The maximum Gasteiger partial charge on any atom is 0.187 e. The maximum absolute atomic E-state index is 10.3. The van der Waals surface area contributed by atoms with Crippen molar-refractivity contribution in [1.29, 1.82) is 0 Å². The molecule has 0 spiro atoms. The molecule has 2 rings (SSSR count). The zero-order valence-corrected chi connectivity index (χ0v) is 14.5. The molecule has 0 bridgehead atoms. The summed E-state index contributed by atoms with van der Waals surface area (Å²) in [6.45, 7) is 2.16. The van der Waals surface area contributed by atoms with Gasteiger partial charge in [-0.3, -0.25) is 0 Å². The summed E-state index contributed by atoms with van der Waals surface area (Å²) in [5.74, 6) is 0. The molecule has 2 aliphatic rings. The van der Waals surface area contributed by atoms with Gasteiger partial charge in [-0.25, -0.2) is 0 Å². The molecule has 0 saturated carbocycles. The van der Waals surface area contributed by atoms with Crippen molar-refractivity contribution < 1.29 is 54.7 Å². The van der Waals surface area contributed by atoms with Crippen molar-refractivity contribution in [3.63, 3.8) is 0 Å². The highest BCUT2D eigenvalue weighted by Crippen LogP contribution is 2.29. The summed E-state index contributed by atoms with van der Waals surface area (Å²) in [6, 6.07) is 0. The van der Waals surface area contributed by atoms with E-state index in [2.05, 4.69) is 0 Å². The minimum absolute atomic E-state index is 0.316. The van der Waals surface area contributed by atoms with Gasteiger partial charge < -0.3 is 54.7 Å². The number of rotatable bonds is 6. The fraction of sp³-hybridized carbons (Fsp3) is 1.00. The van der Waals surface area contributed by atoms with Crippen molar-refractivity contribution in [2.24, 2.45) is 0 Å². The van der Waals surface area contributed by atoms with Crippen LogP contribution in [0.3, 0.4) is 0 Å². The summed E-state index contributed by atoms with van der Waals surface area (Å²) in [7, 11) is 0. The quantitative estimate of drug-likeness (QED) is 0.237. The molecule has 0 aromatic heterocycles. The SMILES string of the molecule is CC(C)O[C@@H]1O[C@H](CO)[C@@H](O[C@@H]2O[C@H](CO)[C@H](O)[C@H](O)[C@H]2O)[C@H](O)[C@@H]1O. The van der Waals surface area contributed by atoms with E-state index in [-0.39, 0.29) is 6.10 Å². The molecule has 11 heteroatoms. The first-order chi connectivity index (χ1) is 12.2. The van der Waals surface area contributed by atoms with E-state index in [1.165, 1.54) is 0 Å². The molecule has 0 aliphatic carbocycles. The van der Waals surface area contributed by atoms with Crippen LogP contribution >= 0.6 is 0 Å². The molecule has 11 nitrogen and oxygen atoms in total. The van der Waals surface area contributed by atoms with Gasteiger partial charge in [0.05, 0.1) is 19.3 Å². The lowest BCUT2D eigenvalue weighted by Crippen LogP contribution is -2.64. The van der Waals surface area contributed by atoms with E-state index >= 15 is 0 Å². The van der Waals surface area contributed by atoms with Gasteiger partial charge in [-0.15, -0.1) is 0 Å². The van der Waals surface area contributed by atoms with E-state index in [4.69, 9.17) is 18.9 Å². The molecular formula is C15H28O11. The van der Waals surface area contributed by atoms with Crippen molar-refractivity contribution >= 4 is 0 Å². The Morgan fingerprint density at radius 3 is 1.81 bits per heavy atom. The molecule has 154 valence electrons. The second-order valence-electron chi connectivity index (χ2n) is 6.69. The van der Waals surface area contributed by atoms with Crippen LogP contribution < -0.4 is 0 Å². The van der Waals surface area contributed by atoms with Gasteiger partial charge in [0.25, 0.3) is 0 Å². The predicted molar refractivity (Wildman–Crippen MR) is 82.6 cm³/mol. The van der Waals surface area contributed by atoms with Crippen LogP contribution in [-0.2, 0) is 18.9 Å². The Bertz CT molecular complexity index is 432. The van der Waals surface area contributed by atoms with Crippen LogP contribution in [0.4, 0.5) is 0 Å². The van der Waals surface area contributed by atoms with Gasteiger partial charge in [-0.05, 0) is 13.8 Å². The topological polar surface area (TPSA) is 179 Å². The molecule has 2 heterocycles. The van der Waals surface area contributed by atoms with Crippen LogP contribution in [0, 0.1) is 0 Å². The van der Waals surface area contributed by atoms with Gasteiger partial charge in [-0.2, -0.15) is 0 Å². The summed E-state index contributed by atoms with van der Waals surface area (Å²) >= 11 is 0. The van der Waals surface area contributed by atoms with E-state index in [1.54, 1.807) is 13.8 Å². The normalized spacial score (nSPS) is 47.3. The lowest BCUT2D eigenvalue weighted by atomic mass is 9.97. The molecule has 2 fully saturated rings. The molecule has 0 aromatic rings. The van der Waals surface area contributed by atoms with E-state index in [1.807, 2.05) is 0 Å². The number of aliphatic hydroxyl groups is 7. The van der Waals surface area contributed by atoms with Crippen LogP contribution in [-0.4, -0.2) is 116 Å². The Labute approximate surface area is 150 Å². The van der Waals surface area contributed by atoms with Crippen molar-refractivity contribution in [1.82, 2.24) is 0 Å². The zero-order valence-electron chi connectivity index (χ0n) is 14.5. The molecule has 26 heavy (non-hydrogen) atoms. The van der Waals surface area contributed by atoms with E-state index < -0.39 is 74.6 Å². The van der Waals surface area contributed by atoms with Gasteiger partial charge >= 0.3 is 0 Å². The third kappa shape index (κ3) is 4.51. The smallest absolute Gasteiger partial charge is 0.187 e. The highest BCUT2D eigenvalue weighted by molar-refractivity contribution is 4.94. The molecule has 0 amide bonds. The Balaban J connectivity index is 2.11. The molecule has 0 aromatic carbocycles. The second-order valence-corrected chi connectivity index (χ2v) is 6.69. The second kappa shape index (κ2) is 9.17. The first-order valence-electron chi connectivity index (χ1n) is 8.45. The van der Waals surface area contributed by atoms with Crippen LogP contribution in [0.25, 0.3) is 0 Å². The molecule has 2 aliphatic heterocycles. The van der Waals surface area contributed by atoms with E-state index in [0.717, 1.165) is 0 Å². The van der Waals surface area contributed by atoms with E-state index in [0.29, 0.717) is 0 Å². The predicted octanol–water partition coefficient (Wildman–Crippen LogP) is -3.96. The van der Waals surface area contributed by atoms with Crippen molar-refractivity contribution in [3.05, 3.63) is 0 Å². The van der Waals surface area contributed by atoms with Gasteiger partial charge in [0.1, 0.15) is 48.8 Å². The fourth-order valence-corrected chi connectivity index (χ4v) is 2.94. The zero-order chi connectivity index (χ0) is 19.6. The van der Waals surface area contributed by atoms with Gasteiger partial charge in [0.15, 0.2) is 12.6 Å². The van der Waals surface area contributed by atoms with E-state index in [9.17, 15) is 35.7 Å². The lowest BCUT2D eigenvalue weighted by molar-refractivity contribution is -0.361. The van der Waals surface area contributed by atoms with Crippen LogP contribution in [0.2, 0.25) is 0 Å². The largest absolute Gasteiger partial charge is 0.394 e. The van der Waals surface area contributed by atoms with Gasteiger partial charge in [-0.1, -0.05) is 0 Å². The highest BCUT2D eigenvalue weighted by atomic mass is 16.7. The molecule has 7 N–H and O–H groups in total. The average molecular weight is 384 g/mol. The summed E-state index contributed by atoms with van der Waals surface area (Å²) in [5, 5.41) is 68.8. The Kier molecular flexibility index (Phi) is 7.71. The first-order valence-corrected chi connectivity index (χ1v) is 8.45. The molecule has 10 atom stereocenters. The van der Waals surface area contributed by atoms with Gasteiger partial charge in [0.2, 0.25) is 0 Å². The molecule has 0 unspecified atom stereocenters. The third-order valence-electron chi connectivity index (χ3n) is 4.37. The van der Waals surface area contributed by atoms with Crippen molar-refractivity contribution in [2.45, 2.75) is 81.4 Å². The fourth-order valence-electron chi connectivity index (χ4n) is 2.94. The van der Waals surface area contributed by atoms with Gasteiger partial charge in [0, 0.05) is 0 Å². The highest BCUT2D eigenvalue weighted by Gasteiger charge is 2.50. The van der Waals surface area contributed by atoms with Crippen molar-refractivity contribution in [2.75, 3.05) is 13.2 Å². The van der Waals surface area contributed by atoms with Crippen molar-refractivity contribution in [3.8, 4) is 0 Å². The monoisotopic (exact) mass is 384 g/mol. The maximum atomic E-state index is 10.3. The number of hydrogen-bond donors (Lipinski definition) is 7. The summed E-state index contributed by atoms with van der Waals surface area (Å²) < 4.78 is 21.4. The lowest BCUT2D eigenvalue weighted by Gasteiger charge is -2.46. The third-order valence-corrected chi connectivity index (χ3v) is 4.37. The minimum Gasteiger partial charge on any atom is -0.394 e. The van der Waals surface area contributed by atoms with Crippen LogP contribution in [0.15, 0.2) is 0 Å². The minimum atomic E-state index is -1.69. The Morgan fingerprint density at radius 2 is 1.27 bits per heavy atom. The standard InChI is InChI=1S/C15H28O11/c1-5(2)23-14-12(22)10(20)13(7(4-17)25-14)26-15-11(21)9(19)8(18)6(3-16)24-15/h5-22H,3-4H2,1-2H3/t6-,7-,8+,9+,10-,11-,12+,13-,14-,15+/m1/s1. The molecular weight excluding hydrogens is 356 g/mol. The van der Waals surface area contributed by atoms with Crippen LogP contribution in [0.1, 0.15) is 13.8 Å². The number of aliphatic hydroxyl groups excluding tert-OH is 7. The summed E-state index contributed by atoms with van der Waals surface area (Å²) in [6.07, 6.45) is -14.7. The first kappa shape index (κ1) is 21.9. The van der Waals surface area contributed by atoms with Crippen LogP contribution in [0.5, 0.6) is 0 Å². The molecule has 2 saturated heterocycles. The Morgan fingerprint density at radius 1 is 0.731 bits per heavy atom. The summed E-state index contributed by atoms with van der Waals surface area (Å²) in [5.41, 5.74) is 0. The number of ether oxygens (including phenoxy) is 4. The Hall–Kier alpha value is -0.440.